The van der Waals surface area contributed by atoms with Crippen molar-refractivity contribution in [1.29, 1.82) is 0 Å². The number of alkyl halides is 6. The maximum absolute atomic E-state index is 11.4. The molecular weight excluding hydrogens is 426 g/mol. The molecule has 0 fully saturated rings. The van der Waals surface area contributed by atoms with Gasteiger partial charge in [0, 0.05) is 0 Å². The van der Waals surface area contributed by atoms with Crippen molar-refractivity contribution in [2.24, 2.45) is 0 Å². The summed E-state index contributed by atoms with van der Waals surface area (Å²) >= 11 is 0. The minimum absolute atomic E-state index is 0.778. The lowest BCUT2D eigenvalue weighted by molar-refractivity contribution is -0.838. The fraction of sp³-hybridized carbons (Fsp3) is 0.846. The molecule has 0 spiro atoms. The topological polar surface area (TPSA) is 82.4 Å². The van der Waals surface area contributed by atoms with Crippen LogP contribution >= 0.6 is 0 Å². The number of quaternary nitrogens is 1. The monoisotopic (exact) mass is 450 g/mol. The zero-order chi connectivity index (χ0) is 22.2. The van der Waals surface area contributed by atoms with Gasteiger partial charge in [-0.2, -0.15) is 26.3 Å². The van der Waals surface area contributed by atoms with E-state index in [2.05, 4.69) is 27.6 Å². The van der Waals surface area contributed by atoms with E-state index in [-0.39, 0.29) is 0 Å². The standard InChI is InChI=1S/C11H24N.C2F6NO4S2/c1-5-7-8-9-10-11-12(3,4)6-2;3-1(4,5)14(10,11)9-15(12,13)2(6,7)8/h6H,2,5,7-11H2,1,3-4H3;/q+1;-1. The Balaban J connectivity index is 0. The molecule has 0 aromatic rings. The zero-order valence-electron chi connectivity index (χ0n) is 15.1. The fourth-order valence-electron chi connectivity index (χ4n) is 1.43. The summed E-state index contributed by atoms with van der Waals surface area (Å²) in [6.45, 7) is 7.30. The van der Waals surface area contributed by atoms with Gasteiger partial charge in [0.1, 0.15) is 0 Å². The van der Waals surface area contributed by atoms with Crippen LogP contribution in [0, 0.1) is 0 Å². The predicted molar refractivity (Wildman–Crippen MR) is 89.2 cm³/mol. The number of nitrogens with zero attached hydrogens (tertiary/aromatic N) is 2. The van der Waals surface area contributed by atoms with Crippen molar-refractivity contribution in [2.45, 2.75) is 50.0 Å². The van der Waals surface area contributed by atoms with Crippen LogP contribution < -0.4 is 0 Å². The summed E-state index contributed by atoms with van der Waals surface area (Å²) in [5.41, 5.74) is -12.4. The highest BCUT2D eigenvalue weighted by molar-refractivity contribution is 8.13. The molecule has 0 aliphatic rings. The highest BCUT2D eigenvalue weighted by atomic mass is 32.3. The Morgan fingerprint density at radius 2 is 1.22 bits per heavy atom. The smallest absolute Gasteiger partial charge is 0.421 e. The second-order valence-corrected chi connectivity index (χ2v) is 9.44. The van der Waals surface area contributed by atoms with Gasteiger partial charge in [0.25, 0.3) is 0 Å². The summed E-state index contributed by atoms with van der Waals surface area (Å²) in [6.07, 6.45) is 8.84. The number of rotatable bonds is 9. The third-order valence-electron chi connectivity index (χ3n) is 3.11. The zero-order valence-corrected chi connectivity index (χ0v) is 16.8. The Hall–Kier alpha value is -0.860. The first-order valence-corrected chi connectivity index (χ1v) is 10.5. The predicted octanol–water partition coefficient (Wildman–Crippen LogP) is 4.24. The maximum atomic E-state index is 11.4. The third kappa shape index (κ3) is 11.5. The Morgan fingerprint density at radius 3 is 1.52 bits per heavy atom. The summed E-state index contributed by atoms with van der Waals surface area (Å²) in [4.78, 5) is 0. The first-order valence-electron chi connectivity index (χ1n) is 7.66. The molecule has 0 amide bonds. The summed E-state index contributed by atoms with van der Waals surface area (Å²) < 4.78 is 110. The number of hydrogen-bond donors (Lipinski definition) is 0. The van der Waals surface area contributed by atoms with E-state index < -0.39 is 31.1 Å². The van der Waals surface area contributed by atoms with Crippen LogP contribution in [0.25, 0.3) is 4.13 Å². The molecule has 14 heteroatoms. The molecule has 0 N–H and O–H groups in total. The van der Waals surface area contributed by atoms with Crippen LogP contribution in [-0.2, 0) is 20.0 Å². The molecule has 0 heterocycles. The first-order chi connectivity index (χ1) is 11.8. The minimum atomic E-state index is -6.72. The maximum Gasteiger partial charge on any atom is 0.480 e. The van der Waals surface area contributed by atoms with Crippen molar-refractivity contribution in [3.63, 3.8) is 0 Å². The van der Waals surface area contributed by atoms with Crippen LogP contribution in [0.15, 0.2) is 12.8 Å². The number of unbranched alkanes of at least 4 members (excludes halogenated alkanes) is 4. The molecule has 0 aliphatic heterocycles. The molecule has 0 radical (unpaired) electrons. The second-order valence-electron chi connectivity index (χ2n) is 6.02. The lowest BCUT2D eigenvalue weighted by Crippen LogP contribution is -2.33. The van der Waals surface area contributed by atoms with Crippen molar-refractivity contribution in [3.8, 4) is 0 Å². The number of halogens is 6. The van der Waals surface area contributed by atoms with Gasteiger partial charge in [-0.15, -0.1) is 0 Å². The number of sulfonamides is 2. The Morgan fingerprint density at radius 1 is 0.852 bits per heavy atom. The van der Waals surface area contributed by atoms with Crippen molar-refractivity contribution >= 4 is 20.0 Å². The van der Waals surface area contributed by atoms with Crippen LogP contribution in [0.1, 0.15) is 39.0 Å². The highest BCUT2D eigenvalue weighted by Gasteiger charge is 2.46. The van der Waals surface area contributed by atoms with E-state index in [1.54, 1.807) is 0 Å². The molecule has 0 aromatic heterocycles. The van der Waals surface area contributed by atoms with Crippen LogP contribution in [0.4, 0.5) is 26.3 Å². The molecule has 0 rings (SSSR count). The fourth-order valence-corrected chi connectivity index (χ4v) is 3.14. The van der Waals surface area contributed by atoms with E-state index in [1.165, 1.54) is 38.6 Å². The van der Waals surface area contributed by atoms with E-state index in [4.69, 9.17) is 0 Å². The van der Waals surface area contributed by atoms with E-state index >= 15 is 0 Å². The molecule has 6 nitrogen and oxygen atoms in total. The van der Waals surface area contributed by atoms with E-state index in [1.807, 2.05) is 6.20 Å². The number of hydrogen-bond acceptors (Lipinski definition) is 4. The van der Waals surface area contributed by atoms with Gasteiger partial charge in [-0.05, 0) is 19.4 Å². The van der Waals surface area contributed by atoms with Gasteiger partial charge < -0.3 is 8.61 Å². The Bertz CT molecular complexity index is 613. The molecule has 0 saturated heterocycles. The molecule has 0 bridgehead atoms. The van der Waals surface area contributed by atoms with Gasteiger partial charge in [-0.25, -0.2) is 16.8 Å². The molecular formula is C13H24F6N2O4S2. The quantitative estimate of drug-likeness (QED) is 0.299. The lowest BCUT2D eigenvalue weighted by Gasteiger charge is -2.24. The van der Waals surface area contributed by atoms with Gasteiger partial charge in [0.05, 0.1) is 26.8 Å². The van der Waals surface area contributed by atoms with Crippen LogP contribution in [0.2, 0.25) is 0 Å². The second kappa shape index (κ2) is 10.6. The molecule has 0 aliphatic carbocycles. The summed E-state index contributed by atoms with van der Waals surface area (Å²) in [5.74, 6) is 0. The molecule has 0 aromatic carbocycles. The molecule has 0 atom stereocenters. The van der Waals surface area contributed by atoms with E-state index in [9.17, 15) is 43.2 Å². The van der Waals surface area contributed by atoms with Gasteiger partial charge in [0.15, 0.2) is 20.0 Å². The average molecular weight is 450 g/mol. The Kier molecular flexibility index (Phi) is 11.2. The van der Waals surface area contributed by atoms with Crippen LogP contribution in [0.3, 0.4) is 0 Å². The summed E-state index contributed by atoms with van der Waals surface area (Å²) in [7, 11) is -9.04. The van der Waals surface area contributed by atoms with Crippen LogP contribution in [-0.4, -0.2) is 53.0 Å². The summed E-state index contributed by atoms with van der Waals surface area (Å²) in [5, 5.41) is 0. The normalized spacial score (nSPS) is 13.7. The van der Waals surface area contributed by atoms with Gasteiger partial charge in [-0.3, -0.25) is 0 Å². The van der Waals surface area contributed by atoms with E-state index in [0.29, 0.717) is 0 Å². The molecule has 0 saturated carbocycles. The SMILES string of the molecule is C=C[N+](C)(C)CCCCCCC.O=S(=O)([N-]S(=O)(=O)C(F)(F)F)C(F)(F)F. The molecule has 27 heavy (non-hydrogen) atoms. The third-order valence-corrected chi connectivity index (χ3v) is 5.85. The largest absolute Gasteiger partial charge is 0.480 e. The molecule has 0 unspecified atom stereocenters. The van der Waals surface area contributed by atoms with Crippen molar-refractivity contribution in [1.82, 2.24) is 0 Å². The van der Waals surface area contributed by atoms with Crippen LogP contribution in [0.5, 0.6) is 0 Å². The van der Waals surface area contributed by atoms with E-state index in [0.717, 1.165) is 8.61 Å². The lowest BCUT2D eigenvalue weighted by atomic mass is 10.1. The van der Waals surface area contributed by atoms with Crippen molar-refractivity contribution < 1.29 is 47.7 Å². The van der Waals surface area contributed by atoms with Gasteiger partial charge in [0.2, 0.25) is 0 Å². The minimum Gasteiger partial charge on any atom is -0.421 e. The highest BCUT2D eigenvalue weighted by Crippen LogP contribution is 2.36. The van der Waals surface area contributed by atoms with Crippen molar-refractivity contribution in [3.05, 3.63) is 16.9 Å². The Labute approximate surface area is 155 Å². The van der Waals surface area contributed by atoms with Gasteiger partial charge >= 0.3 is 11.0 Å². The van der Waals surface area contributed by atoms with Gasteiger partial charge in [-0.1, -0.05) is 26.2 Å². The van der Waals surface area contributed by atoms with Crippen molar-refractivity contribution in [2.75, 3.05) is 20.6 Å². The average Bonchev–Trinajstić information content (AvgIpc) is 2.44. The first kappa shape index (κ1) is 28.4. The molecule has 164 valence electrons. The summed E-state index contributed by atoms with van der Waals surface area (Å²) in [6, 6.07) is 0.